The van der Waals surface area contributed by atoms with Crippen LogP contribution in [0, 0.1) is 20.8 Å². The first kappa shape index (κ1) is 15.9. The summed E-state index contributed by atoms with van der Waals surface area (Å²) in [5.74, 6) is 0.153. The van der Waals surface area contributed by atoms with Crippen LogP contribution in [0.2, 0.25) is 0 Å². The molecule has 0 amide bonds. The Balaban J connectivity index is 2.44. The maximum Gasteiger partial charge on any atom is 0.261 e. The molecule has 0 atom stereocenters. The fourth-order valence-electron chi connectivity index (χ4n) is 1.95. The number of nitrogens with one attached hydrogen (secondary N) is 1. The number of benzene rings is 2. The third-order valence-corrected chi connectivity index (χ3v) is 5.63. The van der Waals surface area contributed by atoms with E-state index in [1.54, 1.807) is 44.2 Å². The number of hydrogen-bond acceptors (Lipinski definition) is 3. The summed E-state index contributed by atoms with van der Waals surface area (Å²) in [5.41, 5.74) is 2.60. The zero-order valence-electron chi connectivity index (χ0n) is 11.9. The lowest BCUT2D eigenvalue weighted by molar-refractivity contribution is 0.466. The molecule has 112 valence electrons. The number of anilines is 1. The van der Waals surface area contributed by atoms with Crippen molar-refractivity contribution in [1.82, 2.24) is 0 Å². The Kier molecular flexibility index (Phi) is 4.30. The van der Waals surface area contributed by atoms with Gasteiger partial charge in [-0.25, -0.2) is 8.42 Å². The van der Waals surface area contributed by atoms with Gasteiger partial charge in [-0.1, -0.05) is 17.7 Å². The number of sulfonamides is 1. The van der Waals surface area contributed by atoms with Gasteiger partial charge in [-0.3, -0.25) is 4.72 Å². The molecule has 0 aliphatic rings. The molecule has 0 aliphatic heterocycles. The Labute approximate surface area is 133 Å². The Bertz CT molecular complexity index is 784. The molecule has 2 N–H and O–H groups in total. The molecule has 0 saturated carbocycles. The summed E-state index contributed by atoms with van der Waals surface area (Å²) in [7, 11) is -3.66. The first-order chi connectivity index (χ1) is 9.72. The van der Waals surface area contributed by atoms with Crippen LogP contribution in [0.4, 0.5) is 5.69 Å². The fraction of sp³-hybridized carbons (Fsp3) is 0.200. The van der Waals surface area contributed by atoms with Crippen molar-refractivity contribution in [2.45, 2.75) is 25.7 Å². The third-order valence-electron chi connectivity index (χ3n) is 3.23. The van der Waals surface area contributed by atoms with Gasteiger partial charge < -0.3 is 5.11 Å². The number of aryl methyl sites for hydroxylation is 2. The van der Waals surface area contributed by atoms with Gasteiger partial charge in [0.1, 0.15) is 5.75 Å². The lowest BCUT2D eigenvalue weighted by Gasteiger charge is -2.14. The molecular formula is C15H16BrNO3S. The van der Waals surface area contributed by atoms with Gasteiger partial charge in [0.05, 0.1) is 10.6 Å². The van der Waals surface area contributed by atoms with Crippen molar-refractivity contribution in [3.05, 3.63) is 51.5 Å². The average molecular weight is 370 g/mol. The van der Waals surface area contributed by atoms with Gasteiger partial charge in [-0.2, -0.15) is 0 Å². The van der Waals surface area contributed by atoms with E-state index in [4.69, 9.17) is 0 Å². The normalized spacial score (nSPS) is 11.4. The van der Waals surface area contributed by atoms with E-state index in [0.717, 1.165) is 5.56 Å². The number of rotatable bonds is 3. The summed E-state index contributed by atoms with van der Waals surface area (Å²) in [5, 5.41) is 9.85. The van der Waals surface area contributed by atoms with Gasteiger partial charge in [0.25, 0.3) is 10.0 Å². The van der Waals surface area contributed by atoms with E-state index < -0.39 is 10.0 Å². The maximum atomic E-state index is 12.4. The molecule has 0 spiro atoms. The van der Waals surface area contributed by atoms with Crippen LogP contribution in [-0.2, 0) is 10.0 Å². The quantitative estimate of drug-likeness (QED) is 0.806. The van der Waals surface area contributed by atoms with Gasteiger partial charge in [0.2, 0.25) is 0 Å². The minimum Gasteiger partial charge on any atom is -0.507 e. The number of aromatic hydroxyl groups is 1. The topological polar surface area (TPSA) is 66.4 Å². The highest BCUT2D eigenvalue weighted by Gasteiger charge is 2.18. The average Bonchev–Trinajstić information content (AvgIpc) is 2.42. The SMILES string of the molecule is Cc1ccc(S(=O)(=O)Nc2cc(C)c(O)c(C)c2Br)cc1. The summed E-state index contributed by atoms with van der Waals surface area (Å²) < 4.78 is 27.8. The van der Waals surface area contributed by atoms with E-state index in [0.29, 0.717) is 21.3 Å². The predicted molar refractivity (Wildman–Crippen MR) is 87.3 cm³/mol. The monoisotopic (exact) mass is 369 g/mol. The first-order valence-corrected chi connectivity index (χ1v) is 8.58. The molecule has 2 rings (SSSR count). The van der Waals surface area contributed by atoms with Crippen LogP contribution in [-0.4, -0.2) is 13.5 Å². The molecule has 0 saturated heterocycles. The predicted octanol–water partition coefficient (Wildman–Crippen LogP) is 3.88. The van der Waals surface area contributed by atoms with Crippen molar-refractivity contribution in [3.8, 4) is 5.75 Å². The molecule has 2 aromatic carbocycles. The van der Waals surface area contributed by atoms with Crippen molar-refractivity contribution in [3.63, 3.8) is 0 Å². The fourth-order valence-corrected chi connectivity index (χ4v) is 3.54. The van der Waals surface area contributed by atoms with Crippen molar-refractivity contribution < 1.29 is 13.5 Å². The molecule has 6 heteroatoms. The molecule has 0 fully saturated rings. The molecule has 0 unspecified atom stereocenters. The van der Waals surface area contributed by atoms with Crippen LogP contribution in [0.25, 0.3) is 0 Å². The molecule has 4 nitrogen and oxygen atoms in total. The lowest BCUT2D eigenvalue weighted by Crippen LogP contribution is -2.13. The van der Waals surface area contributed by atoms with E-state index >= 15 is 0 Å². The summed E-state index contributed by atoms with van der Waals surface area (Å²) >= 11 is 3.32. The zero-order chi connectivity index (χ0) is 15.8. The molecule has 0 aromatic heterocycles. The number of halogens is 1. The second-order valence-electron chi connectivity index (χ2n) is 4.95. The lowest BCUT2D eigenvalue weighted by atomic mass is 10.1. The highest BCUT2D eigenvalue weighted by molar-refractivity contribution is 9.10. The van der Waals surface area contributed by atoms with Crippen LogP contribution in [0.5, 0.6) is 5.75 Å². The molecule has 0 aliphatic carbocycles. The van der Waals surface area contributed by atoms with Crippen LogP contribution in [0.1, 0.15) is 16.7 Å². The highest BCUT2D eigenvalue weighted by atomic mass is 79.9. The number of phenolic OH excluding ortho intramolecular Hbond substituents is 1. The Morgan fingerprint density at radius 3 is 2.24 bits per heavy atom. The molecule has 21 heavy (non-hydrogen) atoms. The highest BCUT2D eigenvalue weighted by Crippen LogP contribution is 2.36. The van der Waals surface area contributed by atoms with Crippen molar-refractivity contribution >= 4 is 31.6 Å². The number of hydrogen-bond donors (Lipinski definition) is 2. The molecule has 2 aromatic rings. The summed E-state index contributed by atoms with van der Waals surface area (Å²) in [4.78, 5) is 0.198. The summed E-state index contributed by atoms with van der Waals surface area (Å²) in [6, 6.07) is 8.21. The van der Waals surface area contributed by atoms with E-state index in [1.165, 1.54) is 0 Å². The van der Waals surface area contributed by atoms with Crippen LogP contribution >= 0.6 is 15.9 Å². The maximum absolute atomic E-state index is 12.4. The van der Waals surface area contributed by atoms with E-state index in [9.17, 15) is 13.5 Å². The largest absolute Gasteiger partial charge is 0.507 e. The Morgan fingerprint density at radius 1 is 1.10 bits per heavy atom. The molecule has 0 bridgehead atoms. The second-order valence-corrected chi connectivity index (χ2v) is 7.42. The minimum absolute atomic E-state index is 0.153. The van der Waals surface area contributed by atoms with Crippen LogP contribution < -0.4 is 4.72 Å². The van der Waals surface area contributed by atoms with Gasteiger partial charge >= 0.3 is 0 Å². The second kappa shape index (κ2) is 5.69. The molecule has 0 radical (unpaired) electrons. The smallest absolute Gasteiger partial charge is 0.261 e. The molecular weight excluding hydrogens is 354 g/mol. The summed E-state index contributed by atoms with van der Waals surface area (Å²) in [6.45, 7) is 5.33. The number of phenols is 1. The van der Waals surface area contributed by atoms with E-state index in [-0.39, 0.29) is 10.6 Å². The van der Waals surface area contributed by atoms with Crippen molar-refractivity contribution in [2.24, 2.45) is 0 Å². The van der Waals surface area contributed by atoms with Crippen molar-refractivity contribution in [2.75, 3.05) is 4.72 Å². The van der Waals surface area contributed by atoms with Crippen LogP contribution in [0.3, 0.4) is 0 Å². The van der Waals surface area contributed by atoms with E-state index in [1.807, 2.05) is 6.92 Å². The standard InChI is InChI=1S/C15H16BrNO3S/c1-9-4-6-12(7-5-9)21(19,20)17-13-8-10(2)15(18)11(3)14(13)16/h4-8,17-18H,1-3H3. The van der Waals surface area contributed by atoms with Crippen molar-refractivity contribution in [1.29, 1.82) is 0 Å². The van der Waals surface area contributed by atoms with E-state index in [2.05, 4.69) is 20.7 Å². The zero-order valence-corrected chi connectivity index (χ0v) is 14.3. The first-order valence-electron chi connectivity index (χ1n) is 6.30. The minimum atomic E-state index is -3.66. The Morgan fingerprint density at radius 2 is 1.67 bits per heavy atom. The van der Waals surface area contributed by atoms with Gasteiger partial charge in [-0.05, 0) is 60.5 Å². The van der Waals surface area contributed by atoms with Gasteiger partial charge in [0.15, 0.2) is 0 Å². The van der Waals surface area contributed by atoms with Gasteiger partial charge in [0, 0.05) is 10.0 Å². The van der Waals surface area contributed by atoms with Gasteiger partial charge in [-0.15, -0.1) is 0 Å². The summed E-state index contributed by atoms with van der Waals surface area (Å²) in [6.07, 6.45) is 0. The third kappa shape index (κ3) is 3.22. The molecule has 0 heterocycles. The van der Waals surface area contributed by atoms with Crippen LogP contribution in [0.15, 0.2) is 39.7 Å². The Hall–Kier alpha value is -1.53.